The molecule has 2 N–H and O–H groups in total. The monoisotopic (exact) mass is 384 g/mol. The number of thiophene rings is 1. The summed E-state index contributed by atoms with van der Waals surface area (Å²) in [5, 5.41) is 11.4. The SMILES string of the molecule is CN(Cc1cccs1)c1cccc(-c2csc(NC3=NCCCN3)n2)n1. The fourth-order valence-electron chi connectivity index (χ4n) is 2.66. The van der Waals surface area contributed by atoms with Gasteiger partial charge in [-0.1, -0.05) is 12.1 Å². The zero-order valence-corrected chi connectivity index (χ0v) is 16.1. The summed E-state index contributed by atoms with van der Waals surface area (Å²) in [6, 6.07) is 10.3. The van der Waals surface area contributed by atoms with E-state index in [9.17, 15) is 0 Å². The van der Waals surface area contributed by atoms with Crippen LogP contribution in [0.1, 0.15) is 11.3 Å². The van der Waals surface area contributed by atoms with Gasteiger partial charge in [-0.2, -0.15) is 0 Å². The Labute approximate surface area is 160 Å². The minimum Gasteiger partial charge on any atom is -0.356 e. The number of nitrogens with zero attached hydrogens (tertiary/aromatic N) is 4. The molecule has 4 rings (SSSR count). The van der Waals surface area contributed by atoms with E-state index in [-0.39, 0.29) is 0 Å². The Morgan fingerprint density at radius 1 is 1.15 bits per heavy atom. The van der Waals surface area contributed by atoms with Crippen LogP contribution in [-0.4, -0.2) is 36.1 Å². The van der Waals surface area contributed by atoms with Gasteiger partial charge in [0, 0.05) is 30.4 Å². The van der Waals surface area contributed by atoms with Crippen molar-refractivity contribution in [1.82, 2.24) is 15.3 Å². The van der Waals surface area contributed by atoms with Crippen LogP contribution in [0.3, 0.4) is 0 Å². The van der Waals surface area contributed by atoms with Crippen molar-refractivity contribution in [3.05, 3.63) is 46.0 Å². The summed E-state index contributed by atoms with van der Waals surface area (Å²) in [5.41, 5.74) is 1.75. The topological polar surface area (TPSA) is 65.4 Å². The van der Waals surface area contributed by atoms with Crippen LogP contribution < -0.4 is 15.5 Å². The van der Waals surface area contributed by atoms with Crippen molar-refractivity contribution in [3.63, 3.8) is 0 Å². The minimum absolute atomic E-state index is 0.801. The Morgan fingerprint density at radius 3 is 2.92 bits per heavy atom. The van der Waals surface area contributed by atoms with Gasteiger partial charge in [-0.3, -0.25) is 4.99 Å². The zero-order valence-electron chi connectivity index (χ0n) is 14.5. The van der Waals surface area contributed by atoms with Crippen molar-refractivity contribution in [3.8, 4) is 11.4 Å². The number of hydrogen-bond donors (Lipinski definition) is 2. The maximum Gasteiger partial charge on any atom is 0.197 e. The van der Waals surface area contributed by atoms with Gasteiger partial charge < -0.3 is 15.5 Å². The summed E-state index contributed by atoms with van der Waals surface area (Å²) < 4.78 is 0. The maximum absolute atomic E-state index is 4.78. The van der Waals surface area contributed by atoms with Crippen LogP contribution in [-0.2, 0) is 6.54 Å². The lowest BCUT2D eigenvalue weighted by Gasteiger charge is -2.17. The Bertz CT molecular complexity index is 887. The largest absolute Gasteiger partial charge is 0.356 e. The molecule has 4 heterocycles. The second-order valence-corrected chi connectivity index (χ2v) is 7.88. The van der Waals surface area contributed by atoms with E-state index in [0.717, 1.165) is 54.4 Å². The number of rotatable bonds is 5. The second kappa shape index (κ2) is 7.84. The van der Waals surface area contributed by atoms with Crippen molar-refractivity contribution in [2.45, 2.75) is 13.0 Å². The number of thiazole rings is 1. The molecule has 0 bridgehead atoms. The average molecular weight is 385 g/mol. The molecule has 0 spiro atoms. The molecule has 0 saturated carbocycles. The van der Waals surface area contributed by atoms with Gasteiger partial charge in [0.1, 0.15) is 11.5 Å². The average Bonchev–Trinajstić information content (AvgIpc) is 3.35. The van der Waals surface area contributed by atoms with E-state index in [1.165, 1.54) is 4.88 Å². The van der Waals surface area contributed by atoms with Crippen LogP contribution in [0.4, 0.5) is 10.9 Å². The predicted octanol–water partition coefficient (Wildman–Crippen LogP) is 3.66. The summed E-state index contributed by atoms with van der Waals surface area (Å²) in [4.78, 5) is 17.3. The van der Waals surface area contributed by atoms with Gasteiger partial charge in [0.15, 0.2) is 11.1 Å². The Morgan fingerprint density at radius 2 is 2.12 bits per heavy atom. The van der Waals surface area contributed by atoms with Gasteiger partial charge >= 0.3 is 0 Å². The van der Waals surface area contributed by atoms with E-state index >= 15 is 0 Å². The highest BCUT2D eigenvalue weighted by molar-refractivity contribution is 7.14. The lowest BCUT2D eigenvalue weighted by atomic mass is 10.3. The first-order valence-corrected chi connectivity index (χ1v) is 10.3. The molecule has 0 aromatic carbocycles. The van der Waals surface area contributed by atoms with E-state index in [0.29, 0.717) is 0 Å². The van der Waals surface area contributed by atoms with Crippen LogP contribution in [0.2, 0.25) is 0 Å². The molecule has 134 valence electrons. The van der Waals surface area contributed by atoms with Crippen molar-refractivity contribution < 1.29 is 0 Å². The van der Waals surface area contributed by atoms with Crippen LogP contribution in [0, 0.1) is 0 Å². The maximum atomic E-state index is 4.78. The molecule has 6 nitrogen and oxygen atoms in total. The van der Waals surface area contributed by atoms with Gasteiger partial charge in [-0.05, 0) is 30.0 Å². The number of aliphatic imine (C=N–C) groups is 1. The molecule has 0 unspecified atom stereocenters. The molecule has 0 aliphatic carbocycles. The first-order chi connectivity index (χ1) is 12.8. The van der Waals surface area contributed by atoms with E-state index in [1.54, 1.807) is 22.7 Å². The molecular weight excluding hydrogens is 364 g/mol. The fraction of sp³-hybridized carbons (Fsp3) is 0.278. The quantitative estimate of drug-likeness (QED) is 0.703. The van der Waals surface area contributed by atoms with Crippen LogP contribution >= 0.6 is 22.7 Å². The smallest absolute Gasteiger partial charge is 0.197 e. The molecular formula is C18H20N6S2. The summed E-state index contributed by atoms with van der Waals surface area (Å²) in [6.45, 7) is 2.65. The molecule has 3 aromatic heterocycles. The third kappa shape index (κ3) is 4.03. The summed E-state index contributed by atoms with van der Waals surface area (Å²) >= 11 is 3.32. The molecule has 0 atom stereocenters. The standard InChI is InChI=1S/C18H20N6S2/c1-24(11-13-5-3-10-25-13)16-7-2-6-14(21-16)15-12-26-18(22-15)23-17-19-8-4-9-20-17/h2-3,5-7,10,12H,4,8-9,11H2,1H3,(H2,19,20,22,23). The molecule has 0 fully saturated rings. The van der Waals surface area contributed by atoms with Gasteiger partial charge in [0.2, 0.25) is 0 Å². The van der Waals surface area contributed by atoms with Crippen molar-refractivity contribution in [2.75, 3.05) is 30.4 Å². The van der Waals surface area contributed by atoms with Gasteiger partial charge in [-0.15, -0.1) is 22.7 Å². The van der Waals surface area contributed by atoms with Crippen molar-refractivity contribution in [1.29, 1.82) is 0 Å². The summed E-state index contributed by atoms with van der Waals surface area (Å²) in [7, 11) is 2.06. The van der Waals surface area contributed by atoms with Crippen LogP contribution in [0.15, 0.2) is 46.1 Å². The summed E-state index contributed by atoms with van der Waals surface area (Å²) in [6.07, 6.45) is 1.07. The molecule has 8 heteroatoms. The Kier molecular flexibility index (Phi) is 5.12. The molecule has 1 aliphatic rings. The first-order valence-electron chi connectivity index (χ1n) is 8.50. The second-order valence-electron chi connectivity index (χ2n) is 5.99. The number of pyridine rings is 1. The molecule has 0 radical (unpaired) electrons. The number of anilines is 2. The molecule has 0 amide bonds. The van der Waals surface area contributed by atoms with E-state index < -0.39 is 0 Å². The predicted molar refractivity (Wildman–Crippen MR) is 110 cm³/mol. The zero-order chi connectivity index (χ0) is 17.8. The van der Waals surface area contributed by atoms with Gasteiger partial charge in [-0.25, -0.2) is 9.97 Å². The Balaban J connectivity index is 1.48. The van der Waals surface area contributed by atoms with Crippen molar-refractivity contribution in [2.24, 2.45) is 4.99 Å². The lowest BCUT2D eigenvalue weighted by Crippen LogP contribution is -2.35. The van der Waals surface area contributed by atoms with E-state index in [1.807, 2.05) is 23.6 Å². The molecule has 1 aliphatic heterocycles. The molecule has 0 saturated heterocycles. The number of aromatic nitrogens is 2. The first kappa shape index (κ1) is 17.0. The van der Waals surface area contributed by atoms with Crippen LogP contribution in [0.25, 0.3) is 11.4 Å². The number of hydrogen-bond acceptors (Lipinski definition) is 8. The Hall–Kier alpha value is -2.45. The molecule has 26 heavy (non-hydrogen) atoms. The molecule has 3 aromatic rings. The highest BCUT2D eigenvalue weighted by Gasteiger charge is 2.11. The van der Waals surface area contributed by atoms with E-state index in [4.69, 9.17) is 4.98 Å². The highest BCUT2D eigenvalue weighted by atomic mass is 32.1. The fourth-order valence-corrected chi connectivity index (χ4v) is 4.12. The van der Waals surface area contributed by atoms with Crippen LogP contribution in [0.5, 0.6) is 0 Å². The lowest BCUT2D eigenvalue weighted by molar-refractivity contribution is 0.740. The van der Waals surface area contributed by atoms with Crippen molar-refractivity contribution >= 4 is 39.6 Å². The summed E-state index contributed by atoms with van der Waals surface area (Å²) in [5.74, 6) is 1.74. The normalized spacial score (nSPS) is 13.8. The minimum atomic E-state index is 0.801. The van der Waals surface area contributed by atoms with E-state index in [2.05, 4.69) is 50.1 Å². The number of nitrogens with one attached hydrogen (secondary N) is 2. The highest BCUT2D eigenvalue weighted by Crippen LogP contribution is 2.25. The number of guanidine groups is 1. The van der Waals surface area contributed by atoms with Gasteiger partial charge in [0.05, 0.1) is 12.2 Å². The van der Waals surface area contributed by atoms with Gasteiger partial charge in [0.25, 0.3) is 0 Å². The third-order valence-electron chi connectivity index (χ3n) is 3.99. The third-order valence-corrected chi connectivity index (χ3v) is 5.61.